The van der Waals surface area contributed by atoms with Crippen LogP contribution in [0.2, 0.25) is 0 Å². The average molecular weight is 265 g/mol. The molecule has 1 aromatic carbocycles. The van der Waals surface area contributed by atoms with Gasteiger partial charge < -0.3 is 20.1 Å². The normalized spacial score (nSPS) is 12.7. The Kier molecular flexibility index (Phi) is 6.57. The molecule has 1 aromatic rings. The third-order valence-corrected chi connectivity index (χ3v) is 2.67. The summed E-state index contributed by atoms with van der Waals surface area (Å²) in [5.41, 5.74) is 0. The van der Waals surface area contributed by atoms with Gasteiger partial charge in [-0.05, 0) is 12.1 Å². The van der Waals surface area contributed by atoms with Crippen molar-refractivity contribution in [1.82, 2.24) is 10.6 Å². The first kappa shape index (κ1) is 15.1. The third-order valence-electron chi connectivity index (χ3n) is 2.67. The summed E-state index contributed by atoms with van der Waals surface area (Å²) in [4.78, 5) is 4.06. The lowest BCUT2D eigenvalue weighted by atomic mass is 10.2. The number of nitrogens with zero attached hydrogens (tertiary/aromatic N) is 1. The highest BCUT2D eigenvalue weighted by Gasteiger charge is 2.07. The van der Waals surface area contributed by atoms with E-state index in [1.165, 1.54) is 0 Å². The van der Waals surface area contributed by atoms with Crippen LogP contribution >= 0.6 is 0 Å². The van der Waals surface area contributed by atoms with E-state index in [4.69, 9.17) is 9.47 Å². The van der Waals surface area contributed by atoms with Crippen molar-refractivity contribution in [2.45, 2.75) is 6.92 Å². The molecule has 0 aliphatic rings. The number of hydrogen-bond acceptors (Lipinski definition) is 3. The minimum Gasteiger partial charge on any atom is -0.493 e. The van der Waals surface area contributed by atoms with Crippen LogP contribution in [0.4, 0.5) is 0 Å². The lowest BCUT2D eigenvalue weighted by Crippen LogP contribution is -2.38. The van der Waals surface area contributed by atoms with E-state index in [1.54, 1.807) is 14.2 Å². The Labute approximate surface area is 115 Å². The number of nitrogens with one attached hydrogen (secondary N) is 2. The zero-order valence-corrected chi connectivity index (χ0v) is 12.1. The molecule has 0 heterocycles. The number of ether oxygens (including phenoxy) is 2. The highest BCUT2D eigenvalue weighted by molar-refractivity contribution is 5.79. The van der Waals surface area contributed by atoms with Gasteiger partial charge in [-0.15, -0.1) is 0 Å². The predicted molar refractivity (Wildman–Crippen MR) is 78.1 cm³/mol. The molecule has 0 saturated carbocycles. The van der Waals surface area contributed by atoms with Crippen molar-refractivity contribution in [3.63, 3.8) is 0 Å². The van der Waals surface area contributed by atoms with E-state index in [0.29, 0.717) is 12.5 Å². The van der Waals surface area contributed by atoms with Gasteiger partial charge in [-0.1, -0.05) is 19.1 Å². The quantitative estimate of drug-likeness (QED) is 0.604. The second-order valence-corrected chi connectivity index (χ2v) is 4.27. The number of hydrogen-bond donors (Lipinski definition) is 2. The molecule has 0 spiro atoms. The molecule has 2 N–H and O–H groups in total. The molecule has 1 rings (SSSR count). The number of rotatable bonds is 6. The fraction of sp³-hybridized carbons (Fsp3) is 0.500. The molecule has 1 atom stereocenters. The standard InChI is InChI=1S/C14H23N3O2/c1-11(9-17-14(15-2)16-3)10-19-13-8-6-5-7-12(13)18-4/h5-8,11H,9-10H2,1-4H3,(H2,15,16,17). The van der Waals surface area contributed by atoms with Crippen LogP contribution in [0.1, 0.15) is 6.92 Å². The Morgan fingerprint density at radius 1 is 1.32 bits per heavy atom. The van der Waals surface area contributed by atoms with Gasteiger partial charge in [0.25, 0.3) is 0 Å². The average Bonchev–Trinajstić information content (AvgIpc) is 2.46. The molecule has 5 heteroatoms. The first-order valence-electron chi connectivity index (χ1n) is 6.35. The summed E-state index contributed by atoms with van der Waals surface area (Å²) in [6.07, 6.45) is 0. The van der Waals surface area contributed by atoms with Crippen LogP contribution in [0.15, 0.2) is 29.3 Å². The molecular formula is C14H23N3O2. The van der Waals surface area contributed by atoms with Crippen LogP contribution in [-0.4, -0.2) is 40.3 Å². The molecule has 5 nitrogen and oxygen atoms in total. The van der Waals surface area contributed by atoms with Gasteiger partial charge in [0.05, 0.1) is 13.7 Å². The van der Waals surface area contributed by atoms with Gasteiger partial charge in [0, 0.05) is 26.6 Å². The molecule has 0 amide bonds. The van der Waals surface area contributed by atoms with Crippen molar-refractivity contribution in [2.75, 3.05) is 34.4 Å². The van der Waals surface area contributed by atoms with Crippen molar-refractivity contribution in [1.29, 1.82) is 0 Å². The first-order chi connectivity index (χ1) is 9.21. The van der Waals surface area contributed by atoms with E-state index >= 15 is 0 Å². The SMILES string of the molecule is CN=C(NC)NCC(C)COc1ccccc1OC. The fourth-order valence-corrected chi connectivity index (χ4v) is 1.58. The predicted octanol–water partition coefficient (Wildman–Crippen LogP) is 1.50. The Morgan fingerprint density at radius 3 is 2.58 bits per heavy atom. The van der Waals surface area contributed by atoms with Crippen LogP contribution in [0.5, 0.6) is 11.5 Å². The van der Waals surface area contributed by atoms with Gasteiger partial charge in [-0.3, -0.25) is 4.99 Å². The molecule has 0 saturated heterocycles. The van der Waals surface area contributed by atoms with E-state index in [9.17, 15) is 0 Å². The minimum absolute atomic E-state index is 0.356. The molecular weight excluding hydrogens is 242 g/mol. The van der Waals surface area contributed by atoms with Crippen LogP contribution in [0.25, 0.3) is 0 Å². The molecule has 0 aliphatic heterocycles. The molecule has 0 fully saturated rings. The maximum Gasteiger partial charge on any atom is 0.190 e. The number of aliphatic imine (C=N–C) groups is 1. The Morgan fingerprint density at radius 2 is 2.00 bits per heavy atom. The van der Waals surface area contributed by atoms with Gasteiger partial charge in [0.15, 0.2) is 17.5 Å². The van der Waals surface area contributed by atoms with Gasteiger partial charge >= 0.3 is 0 Å². The van der Waals surface area contributed by atoms with Gasteiger partial charge in [0.2, 0.25) is 0 Å². The second-order valence-electron chi connectivity index (χ2n) is 4.27. The summed E-state index contributed by atoms with van der Waals surface area (Å²) >= 11 is 0. The molecule has 19 heavy (non-hydrogen) atoms. The molecule has 0 aliphatic carbocycles. The lowest BCUT2D eigenvalue weighted by Gasteiger charge is -2.16. The van der Waals surface area contributed by atoms with Gasteiger partial charge in [0.1, 0.15) is 0 Å². The smallest absolute Gasteiger partial charge is 0.190 e. The highest BCUT2D eigenvalue weighted by atomic mass is 16.5. The number of benzene rings is 1. The molecule has 0 aromatic heterocycles. The van der Waals surface area contributed by atoms with Crippen LogP contribution in [0, 0.1) is 5.92 Å². The summed E-state index contributed by atoms with van der Waals surface area (Å²) in [6, 6.07) is 7.66. The number of para-hydroxylation sites is 2. The minimum atomic E-state index is 0.356. The summed E-state index contributed by atoms with van der Waals surface area (Å²) in [5, 5.41) is 6.19. The summed E-state index contributed by atoms with van der Waals surface area (Å²) in [5.74, 6) is 2.67. The maximum absolute atomic E-state index is 5.76. The van der Waals surface area contributed by atoms with Crippen molar-refractivity contribution >= 4 is 5.96 Å². The lowest BCUT2D eigenvalue weighted by molar-refractivity contribution is 0.248. The van der Waals surface area contributed by atoms with Crippen molar-refractivity contribution in [3.8, 4) is 11.5 Å². The fourth-order valence-electron chi connectivity index (χ4n) is 1.58. The number of guanidine groups is 1. The highest BCUT2D eigenvalue weighted by Crippen LogP contribution is 2.25. The van der Waals surface area contributed by atoms with Crippen LogP contribution in [-0.2, 0) is 0 Å². The van der Waals surface area contributed by atoms with Crippen molar-refractivity contribution < 1.29 is 9.47 Å². The van der Waals surface area contributed by atoms with E-state index in [-0.39, 0.29) is 0 Å². The number of methoxy groups -OCH3 is 1. The zero-order chi connectivity index (χ0) is 14.1. The monoisotopic (exact) mass is 265 g/mol. The van der Waals surface area contributed by atoms with Gasteiger partial charge in [-0.2, -0.15) is 0 Å². The van der Waals surface area contributed by atoms with E-state index in [2.05, 4.69) is 22.5 Å². The summed E-state index contributed by atoms with van der Waals surface area (Å²) in [7, 11) is 5.23. The molecule has 0 radical (unpaired) electrons. The van der Waals surface area contributed by atoms with Crippen LogP contribution in [0.3, 0.4) is 0 Å². The zero-order valence-electron chi connectivity index (χ0n) is 12.1. The second kappa shape index (κ2) is 8.24. The maximum atomic E-state index is 5.76. The molecule has 0 bridgehead atoms. The molecule has 1 unspecified atom stereocenters. The topological polar surface area (TPSA) is 54.9 Å². The van der Waals surface area contributed by atoms with Gasteiger partial charge in [-0.25, -0.2) is 0 Å². The van der Waals surface area contributed by atoms with E-state index < -0.39 is 0 Å². The first-order valence-corrected chi connectivity index (χ1v) is 6.35. The Bertz CT molecular complexity index is 407. The van der Waals surface area contributed by atoms with Crippen molar-refractivity contribution in [3.05, 3.63) is 24.3 Å². The summed E-state index contributed by atoms with van der Waals surface area (Å²) < 4.78 is 11.0. The largest absolute Gasteiger partial charge is 0.493 e. The van der Waals surface area contributed by atoms with Crippen molar-refractivity contribution in [2.24, 2.45) is 10.9 Å². The van der Waals surface area contributed by atoms with E-state index in [1.807, 2.05) is 31.3 Å². The third kappa shape index (κ3) is 5.07. The molecule has 106 valence electrons. The Balaban J connectivity index is 2.39. The Hall–Kier alpha value is -1.91. The van der Waals surface area contributed by atoms with E-state index in [0.717, 1.165) is 24.0 Å². The summed E-state index contributed by atoms with van der Waals surface area (Å²) in [6.45, 7) is 3.53. The van der Waals surface area contributed by atoms with Crippen LogP contribution < -0.4 is 20.1 Å².